The van der Waals surface area contributed by atoms with Crippen LogP contribution in [0.3, 0.4) is 0 Å². The van der Waals surface area contributed by atoms with Crippen molar-refractivity contribution in [2.24, 2.45) is 0 Å². The van der Waals surface area contributed by atoms with Gasteiger partial charge in [-0.3, -0.25) is 4.79 Å². The number of rotatable bonds is 9. The standard InChI is InChI=1S/C19H30N2O4/c1-7-21(8-2,9-3)13-17(22)20-18-14(5)11-15(24-6)12-16(18)19(23)25-10-4/h7,11-12H,8-10,13H2,1-6H3,(H,20,22). The third-order valence-corrected chi connectivity index (χ3v) is 4.57. The van der Waals surface area contributed by atoms with Gasteiger partial charge in [0.15, 0.2) is 0 Å². The number of anilines is 1. The van der Waals surface area contributed by atoms with Gasteiger partial charge in [0.05, 0.1) is 38.1 Å². The van der Waals surface area contributed by atoms with Gasteiger partial charge in [0.2, 0.25) is 0 Å². The first-order valence-corrected chi connectivity index (χ1v) is 8.68. The minimum Gasteiger partial charge on any atom is -0.497 e. The van der Waals surface area contributed by atoms with Crippen LogP contribution in [0.2, 0.25) is 0 Å². The molecule has 0 bridgehead atoms. The highest BCUT2D eigenvalue weighted by atomic mass is 16.5. The summed E-state index contributed by atoms with van der Waals surface area (Å²) in [5.74, 6) is -0.0677. The van der Waals surface area contributed by atoms with Crippen molar-refractivity contribution in [2.75, 3.05) is 38.7 Å². The molecule has 0 fully saturated rings. The number of benzene rings is 1. The van der Waals surface area contributed by atoms with E-state index >= 15 is 0 Å². The van der Waals surface area contributed by atoms with E-state index in [4.69, 9.17) is 9.47 Å². The molecule has 1 rings (SSSR count). The Hall–Kier alpha value is -2.08. The van der Waals surface area contributed by atoms with Gasteiger partial charge in [0, 0.05) is 0 Å². The zero-order valence-corrected chi connectivity index (χ0v) is 16.1. The predicted molar refractivity (Wildman–Crippen MR) is 98.5 cm³/mol. The monoisotopic (exact) mass is 350 g/mol. The number of carbonyl (C=O) groups is 2. The van der Waals surface area contributed by atoms with Crippen LogP contribution in [-0.2, 0) is 9.53 Å². The molecule has 0 aliphatic heterocycles. The molecule has 1 N–H and O–H groups in total. The van der Waals surface area contributed by atoms with E-state index in [1.165, 1.54) is 7.11 Å². The molecule has 0 unspecified atom stereocenters. The normalized spacial score (nSPS) is 11.1. The van der Waals surface area contributed by atoms with E-state index in [0.29, 0.717) is 28.0 Å². The fraction of sp³-hybridized carbons (Fsp3) is 0.526. The van der Waals surface area contributed by atoms with Crippen LogP contribution in [0.5, 0.6) is 5.75 Å². The van der Waals surface area contributed by atoms with Crippen molar-refractivity contribution in [3.8, 4) is 5.75 Å². The molecule has 140 valence electrons. The van der Waals surface area contributed by atoms with Gasteiger partial charge < -0.3 is 19.3 Å². The maximum Gasteiger partial charge on any atom is 0.340 e. The number of aryl methyl sites for hydroxylation is 1. The summed E-state index contributed by atoms with van der Waals surface area (Å²) in [4.78, 5) is 24.9. The SMILES string of the molecule is C[CH-][N+](CC)(CC)CC(=O)Nc1c(C)cc(OC)cc1C(=O)OCC. The van der Waals surface area contributed by atoms with Crippen LogP contribution in [0, 0.1) is 13.5 Å². The fourth-order valence-corrected chi connectivity index (χ4v) is 2.78. The number of ether oxygens (including phenoxy) is 2. The van der Waals surface area contributed by atoms with Gasteiger partial charge in [0.1, 0.15) is 12.3 Å². The third kappa shape index (κ3) is 5.19. The Balaban J connectivity index is 3.15. The van der Waals surface area contributed by atoms with E-state index in [0.717, 1.165) is 18.7 Å². The smallest absolute Gasteiger partial charge is 0.340 e. The molecule has 0 spiro atoms. The van der Waals surface area contributed by atoms with E-state index in [1.54, 1.807) is 19.1 Å². The summed E-state index contributed by atoms with van der Waals surface area (Å²) in [6.45, 7) is 13.9. The number of quaternary nitrogens is 1. The summed E-state index contributed by atoms with van der Waals surface area (Å²) >= 11 is 0. The number of amides is 1. The summed E-state index contributed by atoms with van der Waals surface area (Å²) in [7, 11) is 1.54. The second kappa shape index (κ2) is 9.42. The van der Waals surface area contributed by atoms with Gasteiger partial charge >= 0.3 is 5.97 Å². The van der Waals surface area contributed by atoms with E-state index < -0.39 is 5.97 Å². The molecule has 0 aliphatic rings. The number of carbonyl (C=O) groups excluding carboxylic acids is 2. The minimum absolute atomic E-state index is 0.138. The van der Waals surface area contributed by atoms with Gasteiger partial charge in [-0.2, -0.15) is 0 Å². The lowest BCUT2D eigenvalue weighted by atomic mass is 10.1. The largest absolute Gasteiger partial charge is 0.497 e. The van der Waals surface area contributed by atoms with Gasteiger partial charge in [-0.15, -0.1) is 13.5 Å². The van der Waals surface area contributed by atoms with E-state index in [-0.39, 0.29) is 12.5 Å². The molecule has 25 heavy (non-hydrogen) atoms. The van der Waals surface area contributed by atoms with Crippen molar-refractivity contribution < 1.29 is 23.5 Å². The Labute approximate surface area is 150 Å². The van der Waals surface area contributed by atoms with Gasteiger partial charge in [-0.05, 0) is 45.4 Å². The lowest BCUT2D eigenvalue weighted by Crippen LogP contribution is -2.49. The molecular formula is C19H30N2O4. The molecule has 6 heteroatoms. The topological polar surface area (TPSA) is 64.6 Å². The third-order valence-electron chi connectivity index (χ3n) is 4.57. The lowest BCUT2D eigenvalue weighted by Gasteiger charge is -2.44. The first-order valence-electron chi connectivity index (χ1n) is 8.68. The number of esters is 1. The van der Waals surface area contributed by atoms with Crippen molar-refractivity contribution in [2.45, 2.75) is 34.6 Å². The molecule has 1 aromatic rings. The fourth-order valence-electron chi connectivity index (χ4n) is 2.78. The Morgan fingerprint density at radius 2 is 1.84 bits per heavy atom. The van der Waals surface area contributed by atoms with Crippen LogP contribution in [-0.4, -0.2) is 49.7 Å². The van der Waals surface area contributed by atoms with Crippen LogP contribution < -0.4 is 10.1 Å². The quantitative estimate of drug-likeness (QED) is 0.422. The molecule has 0 aliphatic carbocycles. The van der Waals surface area contributed by atoms with Crippen LogP contribution in [0.25, 0.3) is 0 Å². The molecule has 1 aromatic carbocycles. The molecule has 1 amide bonds. The van der Waals surface area contributed by atoms with Crippen molar-refractivity contribution in [1.29, 1.82) is 0 Å². The van der Waals surface area contributed by atoms with Crippen molar-refractivity contribution in [3.63, 3.8) is 0 Å². The number of nitrogens with one attached hydrogen (secondary N) is 1. The van der Waals surface area contributed by atoms with Crippen molar-refractivity contribution in [3.05, 3.63) is 29.8 Å². The molecule has 0 saturated heterocycles. The highest BCUT2D eigenvalue weighted by Gasteiger charge is 2.22. The summed E-state index contributed by atoms with van der Waals surface area (Å²) in [6, 6.07) is 3.38. The molecule has 0 heterocycles. The average molecular weight is 350 g/mol. The van der Waals surface area contributed by atoms with Gasteiger partial charge in [-0.25, -0.2) is 4.79 Å². The summed E-state index contributed by atoms with van der Waals surface area (Å²) in [5.41, 5.74) is 1.53. The molecule has 0 radical (unpaired) electrons. The van der Waals surface area contributed by atoms with Crippen LogP contribution >= 0.6 is 0 Å². The maximum atomic E-state index is 12.6. The van der Waals surface area contributed by atoms with Crippen LogP contribution in [0.1, 0.15) is 43.6 Å². The number of hydrogen-bond donors (Lipinski definition) is 1. The first-order chi connectivity index (χ1) is 11.9. The molecule has 6 nitrogen and oxygen atoms in total. The molecule has 0 saturated carbocycles. The summed E-state index contributed by atoms with van der Waals surface area (Å²) < 4.78 is 10.9. The summed E-state index contributed by atoms with van der Waals surface area (Å²) in [5, 5.41) is 2.90. The van der Waals surface area contributed by atoms with E-state index in [9.17, 15) is 9.59 Å². The summed E-state index contributed by atoms with van der Waals surface area (Å²) in [6.07, 6.45) is 0. The Morgan fingerprint density at radius 3 is 2.32 bits per heavy atom. The van der Waals surface area contributed by atoms with Crippen molar-refractivity contribution in [1.82, 2.24) is 0 Å². The molecule has 0 atom stereocenters. The van der Waals surface area contributed by atoms with Crippen LogP contribution in [0.15, 0.2) is 12.1 Å². The second-order valence-electron chi connectivity index (χ2n) is 5.90. The highest BCUT2D eigenvalue weighted by molar-refractivity contribution is 6.03. The second-order valence-corrected chi connectivity index (χ2v) is 5.90. The zero-order chi connectivity index (χ0) is 19.0. The van der Waals surface area contributed by atoms with Crippen LogP contribution in [0.4, 0.5) is 5.69 Å². The highest BCUT2D eigenvalue weighted by Crippen LogP contribution is 2.28. The predicted octanol–water partition coefficient (Wildman–Crippen LogP) is 3.16. The number of likely N-dealkylation sites (N-methyl/N-ethyl adjacent to an activating group) is 1. The van der Waals surface area contributed by atoms with Gasteiger partial charge in [-0.1, -0.05) is 0 Å². The number of nitrogens with zero attached hydrogens (tertiary/aromatic N) is 1. The maximum absolute atomic E-state index is 12.6. The Kier molecular flexibility index (Phi) is 7.90. The Bertz CT molecular complexity index is 601. The Morgan fingerprint density at radius 1 is 1.20 bits per heavy atom. The van der Waals surface area contributed by atoms with Gasteiger partial charge in [0.25, 0.3) is 5.91 Å². The van der Waals surface area contributed by atoms with Crippen molar-refractivity contribution >= 4 is 17.6 Å². The molecule has 0 aromatic heterocycles. The van der Waals surface area contributed by atoms with E-state index in [1.807, 2.05) is 20.4 Å². The molecular weight excluding hydrogens is 320 g/mol. The zero-order valence-electron chi connectivity index (χ0n) is 16.1. The average Bonchev–Trinajstić information content (AvgIpc) is 2.61. The first kappa shape index (κ1) is 21.0. The number of hydrogen-bond acceptors (Lipinski definition) is 4. The number of methoxy groups -OCH3 is 1. The minimum atomic E-state index is -0.478. The lowest BCUT2D eigenvalue weighted by molar-refractivity contribution is -0.887. The van der Waals surface area contributed by atoms with E-state index in [2.05, 4.69) is 19.2 Å².